The molecule has 1 aromatic heterocycles. The highest BCUT2D eigenvalue weighted by Gasteiger charge is 2.24. The largest absolute Gasteiger partial charge is 0.496 e. The maximum absolute atomic E-state index is 13.0. The molecule has 37 heavy (non-hydrogen) atoms. The Morgan fingerprint density at radius 1 is 0.892 bits per heavy atom. The summed E-state index contributed by atoms with van der Waals surface area (Å²) in [7, 11) is 1.65. The maximum atomic E-state index is 13.0. The number of methoxy groups -OCH3 is 1. The average molecular weight is 498 g/mol. The molecule has 0 radical (unpaired) electrons. The fourth-order valence-corrected chi connectivity index (χ4v) is 4.63. The molecule has 190 valence electrons. The minimum Gasteiger partial charge on any atom is -0.496 e. The van der Waals surface area contributed by atoms with E-state index in [4.69, 9.17) is 14.0 Å². The molecule has 3 aromatic carbocycles. The lowest BCUT2D eigenvalue weighted by Gasteiger charge is -2.34. The number of piperazine rings is 1. The Labute approximate surface area is 217 Å². The Morgan fingerprint density at radius 2 is 1.51 bits per heavy atom. The van der Waals surface area contributed by atoms with Gasteiger partial charge in [-0.15, -0.1) is 0 Å². The number of ether oxygens (including phenoxy) is 2. The maximum Gasteiger partial charge on any atom is 0.248 e. The molecule has 1 aliphatic heterocycles. The first-order chi connectivity index (χ1) is 18.2. The number of rotatable bonds is 9. The summed E-state index contributed by atoms with van der Waals surface area (Å²) in [6, 6.07) is 29.8. The van der Waals surface area contributed by atoms with Gasteiger partial charge in [0.05, 0.1) is 13.7 Å². The van der Waals surface area contributed by atoms with Gasteiger partial charge in [0, 0.05) is 37.8 Å². The highest BCUT2D eigenvalue weighted by molar-refractivity contribution is 5.77. The minimum absolute atomic E-state index is 0.00892. The molecule has 4 aromatic rings. The van der Waals surface area contributed by atoms with E-state index in [1.807, 2.05) is 95.9 Å². The molecule has 5 rings (SSSR count). The zero-order valence-corrected chi connectivity index (χ0v) is 21.0. The molecule has 0 saturated carbocycles. The first kappa shape index (κ1) is 24.7. The fourth-order valence-electron chi connectivity index (χ4n) is 4.63. The molecule has 1 amide bonds. The minimum atomic E-state index is -0.281. The molecule has 1 fully saturated rings. The second-order valence-corrected chi connectivity index (χ2v) is 9.05. The number of benzene rings is 3. The Bertz CT molecular complexity index is 1240. The van der Waals surface area contributed by atoms with Crippen molar-refractivity contribution in [3.8, 4) is 17.0 Å². The van der Waals surface area contributed by atoms with Gasteiger partial charge in [0.1, 0.15) is 24.2 Å². The zero-order valence-electron chi connectivity index (χ0n) is 21.0. The van der Waals surface area contributed by atoms with Crippen molar-refractivity contribution < 1.29 is 18.8 Å². The van der Waals surface area contributed by atoms with Gasteiger partial charge in [-0.1, -0.05) is 78.0 Å². The van der Waals surface area contributed by atoms with E-state index in [9.17, 15) is 4.79 Å². The summed E-state index contributed by atoms with van der Waals surface area (Å²) < 4.78 is 17.2. The van der Waals surface area contributed by atoms with E-state index in [0.717, 1.165) is 47.0 Å². The van der Waals surface area contributed by atoms with Crippen LogP contribution in [0.1, 0.15) is 23.0 Å². The topological polar surface area (TPSA) is 68.0 Å². The van der Waals surface area contributed by atoms with Gasteiger partial charge in [0.15, 0.2) is 5.76 Å². The molecule has 0 spiro atoms. The van der Waals surface area contributed by atoms with Crippen LogP contribution in [0.2, 0.25) is 0 Å². The van der Waals surface area contributed by atoms with Gasteiger partial charge in [-0.3, -0.25) is 9.69 Å². The van der Waals surface area contributed by atoms with Crippen LogP contribution < -0.4 is 4.74 Å². The van der Waals surface area contributed by atoms with Crippen molar-refractivity contribution in [1.82, 2.24) is 15.0 Å². The fraction of sp³-hybridized carbons (Fsp3) is 0.267. The average Bonchev–Trinajstić information content (AvgIpc) is 3.43. The Hall–Kier alpha value is -3.94. The number of para-hydroxylation sites is 1. The Kier molecular flexibility index (Phi) is 7.93. The van der Waals surface area contributed by atoms with Crippen LogP contribution in [0.25, 0.3) is 11.3 Å². The van der Waals surface area contributed by atoms with Crippen LogP contribution in [0.3, 0.4) is 0 Å². The van der Waals surface area contributed by atoms with E-state index in [1.54, 1.807) is 7.11 Å². The highest BCUT2D eigenvalue weighted by atomic mass is 16.5. The second kappa shape index (κ2) is 11.9. The summed E-state index contributed by atoms with van der Waals surface area (Å²) >= 11 is 0. The van der Waals surface area contributed by atoms with Gasteiger partial charge in [0.25, 0.3) is 0 Å². The number of carbonyl (C=O) groups excluding carboxylic acids is 1. The Morgan fingerprint density at radius 3 is 2.16 bits per heavy atom. The standard InChI is InChI=1S/C30H31N3O4/c1-35-28-15-9-8-14-26(28)27-20-25(37-31-27)21-32-16-18-33(19-17-32)29(34)22-36-30(23-10-4-2-5-11-23)24-12-6-3-7-13-24/h2-15,20,30H,16-19,21-22H2,1H3. The van der Waals surface area contributed by atoms with Crippen LogP contribution in [-0.2, 0) is 16.1 Å². The van der Waals surface area contributed by atoms with E-state index in [1.165, 1.54) is 0 Å². The van der Waals surface area contributed by atoms with Gasteiger partial charge in [-0.25, -0.2) is 0 Å². The van der Waals surface area contributed by atoms with Crippen LogP contribution >= 0.6 is 0 Å². The van der Waals surface area contributed by atoms with Crippen LogP contribution in [0.15, 0.2) is 95.5 Å². The summed E-state index contributed by atoms with van der Waals surface area (Å²) in [4.78, 5) is 17.1. The number of carbonyl (C=O) groups is 1. The van der Waals surface area contributed by atoms with E-state index in [0.29, 0.717) is 19.6 Å². The number of hydrogen-bond donors (Lipinski definition) is 0. The number of nitrogens with zero attached hydrogens (tertiary/aromatic N) is 3. The van der Waals surface area contributed by atoms with Crippen molar-refractivity contribution in [1.29, 1.82) is 0 Å². The smallest absolute Gasteiger partial charge is 0.248 e. The van der Waals surface area contributed by atoms with Gasteiger partial charge in [-0.05, 0) is 23.3 Å². The molecule has 2 heterocycles. The van der Waals surface area contributed by atoms with Crippen LogP contribution in [0, 0.1) is 0 Å². The van der Waals surface area contributed by atoms with Gasteiger partial charge in [0.2, 0.25) is 5.91 Å². The van der Waals surface area contributed by atoms with Gasteiger partial charge < -0.3 is 18.9 Å². The molecule has 0 unspecified atom stereocenters. The molecule has 7 heteroatoms. The molecule has 0 atom stereocenters. The molecular weight excluding hydrogens is 466 g/mol. The lowest BCUT2D eigenvalue weighted by molar-refractivity contribution is -0.139. The van der Waals surface area contributed by atoms with Crippen molar-refractivity contribution in [3.63, 3.8) is 0 Å². The molecule has 0 bridgehead atoms. The Balaban J connectivity index is 1.14. The lowest BCUT2D eigenvalue weighted by Crippen LogP contribution is -2.49. The quantitative estimate of drug-likeness (QED) is 0.331. The molecule has 7 nitrogen and oxygen atoms in total. The van der Waals surface area contributed by atoms with Crippen molar-refractivity contribution in [2.75, 3.05) is 39.9 Å². The van der Waals surface area contributed by atoms with E-state index >= 15 is 0 Å². The highest BCUT2D eigenvalue weighted by Crippen LogP contribution is 2.29. The SMILES string of the molecule is COc1ccccc1-c1cc(CN2CCN(C(=O)COC(c3ccccc3)c3ccccc3)CC2)on1. The third kappa shape index (κ3) is 6.07. The zero-order chi connectivity index (χ0) is 25.5. The number of amides is 1. The normalized spacial score (nSPS) is 14.2. The van der Waals surface area contributed by atoms with E-state index in [2.05, 4.69) is 10.1 Å². The summed E-state index contributed by atoms with van der Waals surface area (Å²) in [6.07, 6.45) is -0.281. The summed E-state index contributed by atoms with van der Waals surface area (Å²) in [5.41, 5.74) is 3.72. The second-order valence-electron chi connectivity index (χ2n) is 9.05. The number of hydrogen-bond acceptors (Lipinski definition) is 6. The van der Waals surface area contributed by atoms with Crippen molar-refractivity contribution in [2.24, 2.45) is 0 Å². The monoisotopic (exact) mass is 497 g/mol. The lowest BCUT2D eigenvalue weighted by atomic mass is 10.0. The van der Waals surface area contributed by atoms with Crippen molar-refractivity contribution >= 4 is 5.91 Å². The number of aromatic nitrogens is 1. The summed E-state index contributed by atoms with van der Waals surface area (Å²) in [6.45, 7) is 3.51. The predicted molar refractivity (Wildman–Crippen MR) is 141 cm³/mol. The third-order valence-electron chi connectivity index (χ3n) is 6.62. The molecule has 0 N–H and O–H groups in total. The first-order valence-electron chi connectivity index (χ1n) is 12.5. The van der Waals surface area contributed by atoms with Crippen LogP contribution in [0.5, 0.6) is 5.75 Å². The first-order valence-corrected chi connectivity index (χ1v) is 12.5. The molecular formula is C30H31N3O4. The van der Waals surface area contributed by atoms with Crippen molar-refractivity contribution in [2.45, 2.75) is 12.6 Å². The van der Waals surface area contributed by atoms with Gasteiger partial charge in [-0.2, -0.15) is 0 Å². The van der Waals surface area contributed by atoms with Gasteiger partial charge >= 0.3 is 0 Å². The molecule has 0 aliphatic carbocycles. The predicted octanol–water partition coefficient (Wildman–Crippen LogP) is 4.80. The van der Waals surface area contributed by atoms with Crippen LogP contribution in [0.4, 0.5) is 0 Å². The van der Waals surface area contributed by atoms with Crippen molar-refractivity contribution in [3.05, 3.63) is 108 Å². The van der Waals surface area contributed by atoms with E-state index in [-0.39, 0.29) is 18.6 Å². The van der Waals surface area contributed by atoms with Crippen LogP contribution in [-0.4, -0.2) is 60.8 Å². The molecule has 1 saturated heterocycles. The summed E-state index contributed by atoms with van der Waals surface area (Å²) in [5.74, 6) is 1.56. The summed E-state index contributed by atoms with van der Waals surface area (Å²) in [5, 5.41) is 4.23. The third-order valence-corrected chi connectivity index (χ3v) is 6.62. The van der Waals surface area contributed by atoms with E-state index < -0.39 is 0 Å². The molecule has 1 aliphatic rings.